The third-order valence-corrected chi connectivity index (χ3v) is 7.14. The van der Waals surface area contributed by atoms with Gasteiger partial charge in [-0.25, -0.2) is 12.4 Å². The Morgan fingerprint density at radius 3 is 2.48 bits per heavy atom. The topological polar surface area (TPSA) is 42.3 Å². The van der Waals surface area contributed by atoms with Crippen LogP contribution in [0.25, 0.3) is 22.0 Å². The van der Waals surface area contributed by atoms with E-state index in [2.05, 4.69) is 43.9 Å². The highest BCUT2D eigenvalue weighted by molar-refractivity contribution is 7.90. The smallest absolute Gasteiger partial charge is 0.268 e. The zero-order valence-corrected chi connectivity index (χ0v) is 17.4. The first kappa shape index (κ1) is 18.3. The van der Waals surface area contributed by atoms with Crippen LogP contribution in [0.3, 0.4) is 0 Å². The molecule has 0 N–H and O–H groups in total. The Morgan fingerprint density at radius 2 is 1.81 bits per heavy atom. The van der Waals surface area contributed by atoms with Gasteiger partial charge in [-0.15, -0.1) is 0 Å². The van der Waals surface area contributed by atoms with Gasteiger partial charge in [0, 0.05) is 29.3 Å². The summed E-state index contributed by atoms with van der Waals surface area (Å²) >= 11 is 0. The summed E-state index contributed by atoms with van der Waals surface area (Å²) in [4.78, 5) is 2.53. The Balaban J connectivity index is 2.06. The summed E-state index contributed by atoms with van der Waals surface area (Å²) in [7, 11) is 0.494. The van der Waals surface area contributed by atoms with Crippen molar-refractivity contribution in [2.24, 2.45) is 0 Å². The van der Waals surface area contributed by atoms with E-state index in [1.54, 1.807) is 6.07 Å². The molecular formula is C22H26N2O2S. The van der Waals surface area contributed by atoms with Crippen LogP contribution in [0.1, 0.15) is 36.5 Å². The number of likely N-dealkylation sites (N-methyl/N-ethyl adjacent to an activating group) is 1. The first-order valence-electron chi connectivity index (χ1n) is 9.39. The van der Waals surface area contributed by atoms with Crippen LogP contribution >= 0.6 is 0 Å². The summed E-state index contributed by atoms with van der Waals surface area (Å²) in [5.74, 6) is 0.350. The summed E-state index contributed by atoms with van der Waals surface area (Å²) in [5.41, 5.74) is 6.08. The fraction of sp³-hybridized carbons (Fsp3) is 0.364. The maximum atomic E-state index is 13.4. The molecule has 0 atom stereocenters. The Bertz CT molecular complexity index is 1150. The summed E-state index contributed by atoms with van der Waals surface area (Å²) in [6, 6.07) is 10.0. The van der Waals surface area contributed by atoms with Gasteiger partial charge in [0.15, 0.2) is 0 Å². The molecular weight excluding hydrogens is 356 g/mol. The van der Waals surface area contributed by atoms with E-state index in [0.717, 1.165) is 51.7 Å². The minimum absolute atomic E-state index is 0.350. The zero-order chi connectivity index (χ0) is 19.5. The fourth-order valence-corrected chi connectivity index (χ4v) is 5.52. The molecule has 5 heteroatoms. The molecule has 0 spiro atoms. The number of nitrogens with zero attached hydrogens (tertiary/aromatic N) is 2. The highest BCUT2D eigenvalue weighted by atomic mass is 32.2. The van der Waals surface area contributed by atoms with Gasteiger partial charge in [-0.05, 0) is 74.3 Å². The summed E-state index contributed by atoms with van der Waals surface area (Å²) in [6.45, 7) is 7.23. The molecule has 0 unspecified atom stereocenters. The van der Waals surface area contributed by atoms with E-state index in [-0.39, 0.29) is 0 Å². The van der Waals surface area contributed by atoms with Crippen molar-refractivity contribution < 1.29 is 8.42 Å². The second-order valence-corrected chi connectivity index (χ2v) is 9.91. The van der Waals surface area contributed by atoms with Crippen molar-refractivity contribution in [1.82, 2.24) is 8.87 Å². The largest absolute Gasteiger partial charge is 0.309 e. The predicted octanol–water partition coefficient (Wildman–Crippen LogP) is 4.39. The van der Waals surface area contributed by atoms with E-state index in [4.69, 9.17) is 0 Å². The van der Waals surface area contributed by atoms with E-state index in [1.165, 1.54) is 3.97 Å². The van der Waals surface area contributed by atoms with Crippen LogP contribution in [0.5, 0.6) is 0 Å². The molecule has 0 bridgehead atoms. The van der Waals surface area contributed by atoms with Gasteiger partial charge in [-0.3, -0.25) is 0 Å². The third kappa shape index (κ3) is 2.80. The van der Waals surface area contributed by atoms with Gasteiger partial charge in [-0.2, -0.15) is 0 Å². The van der Waals surface area contributed by atoms with Gasteiger partial charge in [0.1, 0.15) is 0 Å². The first-order chi connectivity index (χ1) is 12.7. The Hall–Kier alpha value is -2.11. The van der Waals surface area contributed by atoms with Crippen molar-refractivity contribution in [1.29, 1.82) is 0 Å². The van der Waals surface area contributed by atoms with Gasteiger partial charge >= 0.3 is 0 Å². The maximum absolute atomic E-state index is 13.4. The van der Waals surface area contributed by atoms with Crippen LogP contribution in [0.2, 0.25) is 0 Å². The Kier molecular flexibility index (Phi) is 4.20. The van der Waals surface area contributed by atoms with Crippen molar-refractivity contribution in [3.05, 3.63) is 53.2 Å². The number of hydrogen-bond acceptors (Lipinski definition) is 3. The van der Waals surface area contributed by atoms with Crippen LogP contribution in [-0.4, -0.2) is 37.9 Å². The lowest BCUT2D eigenvalue weighted by molar-refractivity contribution is 0.414. The lowest BCUT2D eigenvalue weighted by Crippen LogP contribution is -2.17. The second-order valence-electron chi connectivity index (χ2n) is 8.13. The SMILES string of the molecule is Cc1cc2c3c(c1)c(CCN(C)C)cn3S(=O)(=O)c1ccc(C(C)C)cc1-2. The number of rotatable bonds is 4. The number of aromatic nitrogens is 1. The normalized spacial score (nSPS) is 14.9. The van der Waals surface area contributed by atoms with Gasteiger partial charge in [0.2, 0.25) is 0 Å². The van der Waals surface area contributed by atoms with E-state index in [0.29, 0.717) is 10.8 Å². The van der Waals surface area contributed by atoms with Gasteiger partial charge in [0.25, 0.3) is 10.0 Å². The molecule has 2 heterocycles. The molecule has 0 saturated heterocycles. The second kappa shape index (κ2) is 6.21. The standard InChI is InChI=1S/C22H26N2O2S/c1-14(2)16-6-7-21-19(12-16)20-11-15(3)10-18-17(8-9-23(4)5)13-24(22(18)20)27(21,25)26/h6-7,10-14H,8-9H2,1-5H3. The molecule has 1 aliphatic rings. The van der Waals surface area contributed by atoms with E-state index >= 15 is 0 Å². The summed E-state index contributed by atoms with van der Waals surface area (Å²) < 4.78 is 28.2. The van der Waals surface area contributed by atoms with Gasteiger partial charge < -0.3 is 4.90 Å². The molecule has 0 radical (unpaired) electrons. The van der Waals surface area contributed by atoms with Crippen molar-refractivity contribution in [3.8, 4) is 11.1 Å². The van der Waals surface area contributed by atoms with Crippen LogP contribution in [0.15, 0.2) is 41.4 Å². The molecule has 142 valence electrons. The average molecular weight is 383 g/mol. The number of fused-ring (bicyclic) bond motifs is 2. The maximum Gasteiger partial charge on any atom is 0.268 e. The highest BCUT2D eigenvalue weighted by Crippen LogP contribution is 2.43. The van der Waals surface area contributed by atoms with Crippen molar-refractivity contribution in [2.45, 2.75) is 38.0 Å². The predicted molar refractivity (Wildman–Crippen MR) is 111 cm³/mol. The quantitative estimate of drug-likeness (QED) is 0.525. The van der Waals surface area contributed by atoms with Crippen molar-refractivity contribution >= 4 is 20.9 Å². The molecule has 2 aromatic carbocycles. The first-order valence-corrected chi connectivity index (χ1v) is 10.8. The highest BCUT2D eigenvalue weighted by Gasteiger charge is 2.32. The van der Waals surface area contributed by atoms with Gasteiger partial charge in [-0.1, -0.05) is 19.9 Å². The number of aryl methyl sites for hydroxylation is 1. The molecule has 1 aliphatic heterocycles. The van der Waals surface area contributed by atoms with Crippen molar-refractivity contribution in [3.63, 3.8) is 0 Å². The molecule has 0 amide bonds. The van der Waals surface area contributed by atoms with Crippen molar-refractivity contribution in [2.75, 3.05) is 20.6 Å². The van der Waals surface area contributed by atoms with Crippen LogP contribution in [-0.2, 0) is 16.4 Å². The Morgan fingerprint density at radius 1 is 1.07 bits per heavy atom. The molecule has 0 saturated carbocycles. The summed E-state index contributed by atoms with van der Waals surface area (Å²) in [6.07, 6.45) is 2.65. The zero-order valence-electron chi connectivity index (χ0n) is 16.6. The fourth-order valence-electron chi connectivity index (χ4n) is 3.92. The van der Waals surface area contributed by atoms with Crippen LogP contribution in [0.4, 0.5) is 0 Å². The van der Waals surface area contributed by atoms with Crippen LogP contribution < -0.4 is 0 Å². The molecule has 0 fully saturated rings. The molecule has 1 aromatic heterocycles. The lowest BCUT2D eigenvalue weighted by Gasteiger charge is -2.22. The third-order valence-electron chi connectivity index (χ3n) is 5.42. The Labute approximate surface area is 161 Å². The monoisotopic (exact) mass is 382 g/mol. The van der Waals surface area contributed by atoms with E-state index in [1.807, 2.05) is 26.4 Å². The molecule has 3 aromatic rings. The molecule has 4 nitrogen and oxygen atoms in total. The minimum Gasteiger partial charge on any atom is -0.309 e. The molecule has 27 heavy (non-hydrogen) atoms. The number of hydrogen-bond donors (Lipinski definition) is 0. The lowest BCUT2D eigenvalue weighted by atomic mass is 9.94. The minimum atomic E-state index is -3.58. The van der Waals surface area contributed by atoms with Gasteiger partial charge in [0.05, 0.1) is 10.4 Å². The molecule has 0 aliphatic carbocycles. The summed E-state index contributed by atoms with van der Waals surface area (Å²) in [5, 5.41) is 1.05. The van der Waals surface area contributed by atoms with Crippen LogP contribution in [0, 0.1) is 6.92 Å². The van der Waals surface area contributed by atoms with E-state index < -0.39 is 10.0 Å². The number of benzene rings is 2. The molecule has 4 rings (SSSR count). The van der Waals surface area contributed by atoms with E-state index in [9.17, 15) is 8.42 Å². The average Bonchev–Trinajstić information content (AvgIpc) is 2.97.